The van der Waals surface area contributed by atoms with Crippen molar-refractivity contribution in [2.75, 3.05) is 6.61 Å². The number of carbonyl (C=O) groups excluding carboxylic acids is 1. The van der Waals surface area contributed by atoms with Crippen molar-refractivity contribution in [1.82, 2.24) is 5.32 Å². The van der Waals surface area contributed by atoms with Crippen LogP contribution in [-0.2, 0) is 29.1 Å². The first-order valence-electron chi connectivity index (χ1n) is 7.96. The largest absolute Gasteiger partial charge is 0.411 e. The van der Waals surface area contributed by atoms with E-state index in [4.69, 9.17) is 0 Å². The molecule has 6 nitrogen and oxygen atoms in total. The lowest BCUT2D eigenvalue weighted by molar-refractivity contribution is -0.385. The number of nitro benzene ring substituents is 1. The minimum Gasteiger partial charge on any atom is -0.367 e. The van der Waals surface area contributed by atoms with E-state index in [0.29, 0.717) is 11.1 Å². The minimum absolute atomic E-state index is 0.115. The van der Waals surface area contributed by atoms with Gasteiger partial charge in [0.15, 0.2) is 0 Å². The maximum absolute atomic E-state index is 12.0. The Balaban J connectivity index is 1.82. The van der Waals surface area contributed by atoms with Crippen molar-refractivity contribution in [2.24, 2.45) is 0 Å². The average molecular weight is 382 g/mol. The monoisotopic (exact) mass is 382 g/mol. The number of halogens is 3. The molecule has 1 N–H and O–H groups in total. The summed E-state index contributed by atoms with van der Waals surface area (Å²) in [4.78, 5) is 22.4. The quantitative estimate of drug-likeness (QED) is 0.559. The van der Waals surface area contributed by atoms with E-state index in [-0.39, 0.29) is 31.2 Å². The molecular formula is C18H17F3N2O4. The number of nitro groups is 1. The van der Waals surface area contributed by atoms with Gasteiger partial charge in [0.1, 0.15) is 6.61 Å². The Kier molecular flexibility index (Phi) is 6.89. The third kappa shape index (κ3) is 7.06. The number of nitrogens with one attached hydrogen (secondary N) is 1. The second-order valence-electron chi connectivity index (χ2n) is 5.76. The van der Waals surface area contributed by atoms with Crippen LogP contribution in [0.5, 0.6) is 0 Å². The molecule has 0 aliphatic carbocycles. The van der Waals surface area contributed by atoms with E-state index in [1.807, 2.05) is 0 Å². The van der Waals surface area contributed by atoms with E-state index in [9.17, 15) is 28.1 Å². The first kappa shape index (κ1) is 20.4. The zero-order valence-electron chi connectivity index (χ0n) is 14.2. The van der Waals surface area contributed by atoms with Crippen molar-refractivity contribution in [1.29, 1.82) is 0 Å². The van der Waals surface area contributed by atoms with Crippen LogP contribution in [0, 0.1) is 10.1 Å². The number of hydrogen-bond donors (Lipinski definition) is 1. The van der Waals surface area contributed by atoms with Crippen LogP contribution in [-0.4, -0.2) is 23.6 Å². The molecule has 27 heavy (non-hydrogen) atoms. The fraction of sp³-hybridized carbons (Fsp3) is 0.278. The highest BCUT2D eigenvalue weighted by atomic mass is 19.4. The standard InChI is InChI=1S/C18H17F3N2O4/c19-18(20,21)12-27-11-14-7-5-13(6-8-14)10-22-17(24)9-15-3-1-2-4-16(15)23(25)26/h1-8H,9-12H2,(H,22,24). The van der Waals surface area contributed by atoms with Gasteiger partial charge in [0, 0.05) is 18.2 Å². The average Bonchev–Trinajstić information content (AvgIpc) is 2.60. The molecule has 144 valence electrons. The summed E-state index contributed by atoms with van der Waals surface area (Å²) in [5.74, 6) is -0.373. The Morgan fingerprint density at radius 3 is 2.33 bits per heavy atom. The molecular weight excluding hydrogens is 365 g/mol. The fourth-order valence-corrected chi connectivity index (χ4v) is 2.31. The van der Waals surface area contributed by atoms with E-state index >= 15 is 0 Å². The van der Waals surface area contributed by atoms with Crippen LogP contribution in [0.4, 0.5) is 18.9 Å². The molecule has 1 amide bonds. The molecule has 2 rings (SSSR count). The van der Waals surface area contributed by atoms with Crippen molar-refractivity contribution < 1.29 is 27.6 Å². The third-order valence-corrected chi connectivity index (χ3v) is 3.59. The number of carbonyl (C=O) groups is 1. The highest BCUT2D eigenvalue weighted by Gasteiger charge is 2.27. The maximum atomic E-state index is 12.0. The molecule has 0 unspecified atom stereocenters. The molecule has 0 aliphatic rings. The van der Waals surface area contributed by atoms with Crippen LogP contribution >= 0.6 is 0 Å². The highest BCUT2D eigenvalue weighted by molar-refractivity contribution is 5.79. The van der Waals surface area contributed by atoms with Crippen LogP contribution in [0.15, 0.2) is 48.5 Å². The minimum atomic E-state index is -4.36. The topological polar surface area (TPSA) is 81.5 Å². The van der Waals surface area contributed by atoms with Crippen LogP contribution in [0.1, 0.15) is 16.7 Å². The Bertz CT molecular complexity index is 792. The van der Waals surface area contributed by atoms with Gasteiger partial charge >= 0.3 is 6.18 Å². The number of hydrogen-bond acceptors (Lipinski definition) is 4. The van der Waals surface area contributed by atoms with E-state index < -0.39 is 17.7 Å². The second kappa shape index (κ2) is 9.13. The van der Waals surface area contributed by atoms with E-state index in [0.717, 1.165) is 5.56 Å². The summed E-state index contributed by atoms with van der Waals surface area (Å²) in [6, 6.07) is 12.6. The maximum Gasteiger partial charge on any atom is 0.411 e. The Morgan fingerprint density at radius 2 is 1.70 bits per heavy atom. The third-order valence-electron chi connectivity index (χ3n) is 3.59. The van der Waals surface area contributed by atoms with Crippen LogP contribution in [0.2, 0.25) is 0 Å². The Labute approximate surface area is 153 Å². The summed E-state index contributed by atoms with van der Waals surface area (Å²) in [6.07, 6.45) is -4.49. The van der Waals surface area contributed by atoms with E-state index in [1.165, 1.54) is 18.2 Å². The van der Waals surface area contributed by atoms with Gasteiger partial charge in [-0.05, 0) is 11.1 Å². The second-order valence-corrected chi connectivity index (χ2v) is 5.76. The number of amides is 1. The van der Waals surface area contributed by atoms with Crippen LogP contribution in [0.25, 0.3) is 0 Å². The van der Waals surface area contributed by atoms with Gasteiger partial charge in [-0.15, -0.1) is 0 Å². The molecule has 0 atom stereocenters. The summed E-state index contributed by atoms with van der Waals surface area (Å²) < 4.78 is 40.6. The van der Waals surface area contributed by atoms with Crippen molar-refractivity contribution in [2.45, 2.75) is 25.7 Å². The zero-order chi connectivity index (χ0) is 19.9. The molecule has 2 aromatic rings. The molecule has 0 saturated carbocycles. The number of alkyl halides is 3. The molecule has 0 fully saturated rings. The number of nitrogens with zero attached hydrogens (tertiary/aromatic N) is 1. The SMILES string of the molecule is O=C(Cc1ccccc1[N+](=O)[O-])NCc1ccc(COCC(F)(F)F)cc1. The first-order chi connectivity index (χ1) is 12.7. The van der Waals surface area contributed by atoms with Crippen molar-refractivity contribution in [3.63, 3.8) is 0 Å². The first-order valence-corrected chi connectivity index (χ1v) is 7.96. The summed E-state index contributed by atoms with van der Waals surface area (Å²) in [7, 11) is 0. The van der Waals surface area contributed by atoms with Gasteiger partial charge in [0.2, 0.25) is 5.91 Å². The van der Waals surface area contributed by atoms with E-state index in [1.54, 1.807) is 30.3 Å². The van der Waals surface area contributed by atoms with Crippen molar-refractivity contribution in [3.8, 4) is 0 Å². The summed E-state index contributed by atoms with van der Waals surface area (Å²) in [5.41, 5.74) is 1.52. The summed E-state index contributed by atoms with van der Waals surface area (Å²) in [6.45, 7) is -1.27. The number of para-hydroxylation sites is 1. The highest BCUT2D eigenvalue weighted by Crippen LogP contribution is 2.18. The molecule has 0 saturated heterocycles. The molecule has 0 aromatic heterocycles. The molecule has 0 radical (unpaired) electrons. The molecule has 2 aromatic carbocycles. The number of benzene rings is 2. The normalized spacial score (nSPS) is 11.2. The van der Waals surface area contributed by atoms with Crippen molar-refractivity contribution in [3.05, 3.63) is 75.3 Å². The molecule has 0 bridgehead atoms. The molecule has 9 heteroatoms. The lowest BCUT2D eigenvalue weighted by atomic mass is 10.1. The van der Waals surface area contributed by atoms with E-state index in [2.05, 4.69) is 10.1 Å². The van der Waals surface area contributed by atoms with Gasteiger partial charge in [-0.1, -0.05) is 42.5 Å². The lowest BCUT2D eigenvalue weighted by Crippen LogP contribution is -2.24. The molecule has 0 spiro atoms. The Morgan fingerprint density at radius 1 is 1.07 bits per heavy atom. The lowest BCUT2D eigenvalue weighted by Gasteiger charge is -2.09. The van der Waals surface area contributed by atoms with Gasteiger partial charge in [-0.2, -0.15) is 13.2 Å². The summed E-state index contributed by atoms with van der Waals surface area (Å²) >= 11 is 0. The predicted octanol–water partition coefficient (Wildman–Crippen LogP) is 3.53. The molecule has 0 heterocycles. The van der Waals surface area contributed by atoms with Gasteiger partial charge in [0.25, 0.3) is 5.69 Å². The van der Waals surface area contributed by atoms with Crippen LogP contribution < -0.4 is 5.32 Å². The van der Waals surface area contributed by atoms with Crippen LogP contribution in [0.3, 0.4) is 0 Å². The smallest absolute Gasteiger partial charge is 0.367 e. The predicted molar refractivity (Wildman–Crippen MR) is 90.8 cm³/mol. The Hall–Kier alpha value is -2.94. The van der Waals surface area contributed by atoms with Gasteiger partial charge < -0.3 is 10.1 Å². The zero-order valence-corrected chi connectivity index (χ0v) is 14.2. The number of ether oxygens (including phenoxy) is 1. The number of rotatable bonds is 8. The van der Waals surface area contributed by atoms with Crippen molar-refractivity contribution >= 4 is 11.6 Å². The molecule has 0 aliphatic heterocycles. The van der Waals surface area contributed by atoms with Gasteiger partial charge in [-0.25, -0.2) is 0 Å². The van der Waals surface area contributed by atoms with Gasteiger partial charge in [-0.3, -0.25) is 14.9 Å². The fourth-order valence-electron chi connectivity index (χ4n) is 2.31. The van der Waals surface area contributed by atoms with Gasteiger partial charge in [0.05, 0.1) is 18.0 Å². The summed E-state index contributed by atoms with van der Waals surface area (Å²) in [5, 5.41) is 13.6.